The summed E-state index contributed by atoms with van der Waals surface area (Å²) < 4.78 is 83.7. The van der Waals surface area contributed by atoms with E-state index in [1.807, 2.05) is 6.07 Å². The van der Waals surface area contributed by atoms with E-state index in [-0.39, 0.29) is 11.8 Å². The minimum absolute atomic E-state index is 0.221. The van der Waals surface area contributed by atoms with Crippen LogP contribution in [0, 0.1) is 0 Å². The molecule has 2 fully saturated rings. The van der Waals surface area contributed by atoms with Crippen molar-refractivity contribution >= 4 is 38.9 Å². The highest BCUT2D eigenvalue weighted by molar-refractivity contribution is 7.18. The smallest absolute Gasteiger partial charge is 0.406 e. The summed E-state index contributed by atoms with van der Waals surface area (Å²) in [6.45, 7) is 6.47. The Labute approximate surface area is 269 Å². The maximum absolute atomic E-state index is 13.1. The standard InChI is InChI=1S/C32H29F6N7OS/c1-2-43-13-15-44(16-14-43)26-18-27-25(39-28(45(27)22-9-10-22)19-5-11-23(12-6-19)46-32(36,37)38)17-24(26)40-30-42-41-29(47-30)20-3-7-21(8-4-20)31(33,34)35/h3-8,11-12,17-18,22H,2,9-10,13-16H2,1H3,(H,40,42). The molecule has 3 aromatic carbocycles. The summed E-state index contributed by atoms with van der Waals surface area (Å²) in [6.07, 6.45) is -7.27. The molecule has 1 aliphatic carbocycles. The first-order chi connectivity index (χ1) is 22.4. The summed E-state index contributed by atoms with van der Waals surface area (Å²) in [6, 6.07) is 14.8. The highest BCUT2D eigenvalue weighted by Gasteiger charge is 2.33. The number of fused-ring (bicyclic) bond motifs is 1. The van der Waals surface area contributed by atoms with Gasteiger partial charge < -0.3 is 24.4 Å². The molecular weight excluding hydrogens is 644 g/mol. The zero-order valence-electron chi connectivity index (χ0n) is 25.1. The second-order valence-corrected chi connectivity index (χ2v) is 12.5. The number of nitrogens with zero attached hydrogens (tertiary/aromatic N) is 6. The fraction of sp³-hybridized carbons (Fsp3) is 0.344. The van der Waals surface area contributed by atoms with Gasteiger partial charge in [0.05, 0.1) is 28.0 Å². The molecule has 15 heteroatoms. The Morgan fingerprint density at radius 1 is 0.872 bits per heavy atom. The van der Waals surface area contributed by atoms with E-state index in [0.29, 0.717) is 32.6 Å². The van der Waals surface area contributed by atoms with Crippen LogP contribution in [0.5, 0.6) is 5.75 Å². The molecule has 3 heterocycles. The molecule has 0 bridgehead atoms. The number of anilines is 3. The molecule has 1 aliphatic heterocycles. The van der Waals surface area contributed by atoms with E-state index in [9.17, 15) is 26.3 Å². The van der Waals surface area contributed by atoms with Gasteiger partial charge in [0, 0.05) is 43.3 Å². The molecule has 0 amide bonds. The Balaban J connectivity index is 1.25. The van der Waals surface area contributed by atoms with Gasteiger partial charge >= 0.3 is 12.5 Å². The monoisotopic (exact) mass is 673 g/mol. The summed E-state index contributed by atoms with van der Waals surface area (Å²) in [5.41, 5.74) is 3.77. The Hall–Kier alpha value is -4.37. The number of hydrogen-bond donors (Lipinski definition) is 1. The maximum atomic E-state index is 13.1. The molecule has 0 atom stereocenters. The summed E-state index contributed by atoms with van der Waals surface area (Å²) in [5.74, 6) is 0.350. The molecule has 2 aliphatic rings. The second kappa shape index (κ2) is 12.0. The van der Waals surface area contributed by atoms with Crippen molar-refractivity contribution in [3.63, 3.8) is 0 Å². The zero-order valence-corrected chi connectivity index (χ0v) is 25.9. The van der Waals surface area contributed by atoms with Gasteiger partial charge in [-0.1, -0.05) is 30.4 Å². The van der Waals surface area contributed by atoms with Crippen LogP contribution in [0.2, 0.25) is 0 Å². The molecule has 1 saturated heterocycles. The number of alkyl halides is 6. The van der Waals surface area contributed by atoms with Gasteiger partial charge in [0.15, 0.2) is 0 Å². The van der Waals surface area contributed by atoms with Gasteiger partial charge in [-0.25, -0.2) is 4.98 Å². The van der Waals surface area contributed by atoms with Crippen LogP contribution in [0.15, 0.2) is 60.7 Å². The Morgan fingerprint density at radius 2 is 1.55 bits per heavy atom. The molecule has 5 aromatic rings. The van der Waals surface area contributed by atoms with Crippen molar-refractivity contribution in [2.24, 2.45) is 0 Å². The Kier molecular flexibility index (Phi) is 7.99. The van der Waals surface area contributed by atoms with Crippen molar-refractivity contribution in [3.8, 4) is 27.7 Å². The van der Waals surface area contributed by atoms with Gasteiger partial charge in [-0.15, -0.1) is 23.4 Å². The molecule has 1 saturated carbocycles. The van der Waals surface area contributed by atoms with E-state index in [1.165, 1.54) is 35.6 Å². The fourth-order valence-corrected chi connectivity index (χ4v) is 6.58. The first-order valence-corrected chi connectivity index (χ1v) is 15.9. The summed E-state index contributed by atoms with van der Waals surface area (Å²) in [5, 5.41) is 12.8. The lowest BCUT2D eigenvalue weighted by Crippen LogP contribution is -2.46. The summed E-state index contributed by atoms with van der Waals surface area (Å²) in [7, 11) is 0. The predicted molar refractivity (Wildman–Crippen MR) is 168 cm³/mol. The van der Waals surface area contributed by atoms with Gasteiger partial charge in [-0.3, -0.25) is 0 Å². The van der Waals surface area contributed by atoms with E-state index in [1.54, 1.807) is 12.1 Å². The second-order valence-electron chi connectivity index (χ2n) is 11.5. The first-order valence-electron chi connectivity index (χ1n) is 15.1. The molecule has 2 aromatic heterocycles. The van der Waals surface area contributed by atoms with E-state index < -0.39 is 18.1 Å². The number of halogens is 6. The number of imidazole rings is 1. The highest BCUT2D eigenvalue weighted by atomic mass is 32.1. The number of benzene rings is 3. The molecule has 1 N–H and O–H groups in total. The quantitative estimate of drug-likeness (QED) is 0.166. The van der Waals surface area contributed by atoms with E-state index in [4.69, 9.17) is 4.98 Å². The lowest BCUT2D eigenvalue weighted by molar-refractivity contribution is -0.274. The number of rotatable bonds is 8. The van der Waals surface area contributed by atoms with Crippen molar-refractivity contribution in [2.45, 2.75) is 38.3 Å². The molecule has 0 unspecified atom stereocenters. The third-order valence-electron chi connectivity index (χ3n) is 8.35. The van der Waals surface area contributed by atoms with Gasteiger partial charge in [-0.2, -0.15) is 13.2 Å². The van der Waals surface area contributed by atoms with Gasteiger partial charge in [-0.05, 0) is 67.9 Å². The minimum Gasteiger partial charge on any atom is -0.406 e. The number of aromatic nitrogens is 4. The van der Waals surface area contributed by atoms with Gasteiger partial charge in [0.1, 0.15) is 16.6 Å². The van der Waals surface area contributed by atoms with Crippen LogP contribution in [-0.4, -0.2) is 63.7 Å². The lowest BCUT2D eigenvalue weighted by Gasteiger charge is -2.36. The molecule has 7 rings (SSSR count). The number of piperazine rings is 1. The molecular formula is C32H29F6N7OS. The lowest BCUT2D eigenvalue weighted by atomic mass is 10.1. The largest absolute Gasteiger partial charge is 0.573 e. The van der Waals surface area contributed by atoms with Crippen LogP contribution in [0.25, 0.3) is 33.0 Å². The Bertz CT molecular complexity index is 1870. The average molecular weight is 674 g/mol. The average Bonchev–Trinajstić information content (AvgIpc) is 3.65. The predicted octanol–water partition coefficient (Wildman–Crippen LogP) is 8.36. The van der Waals surface area contributed by atoms with Crippen LogP contribution in [0.3, 0.4) is 0 Å². The number of hydrogen-bond acceptors (Lipinski definition) is 8. The maximum Gasteiger partial charge on any atom is 0.573 e. The van der Waals surface area contributed by atoms with Crippen LogP contribution in [0.1, 0.15) is 31.4 Å². The van der Waals surface area contributed by atoms with Gasteiger partial charge in [0.25, 0.3) is 0 Å². The topological polar surface area (TPSA) is 71.3 Å². The van der Waals surface area contributed by atoms with Crippen LogP contribution < -0.4 is 15.0 Å². The number of nitrogens with one attached hydrogen (secondary N) is 1. The highest BCUT2D eigenvalue weighted by Crippen LogP contribution is 2.44. The first kappa shape index (κ1) is 31.2. The van der Waals surface area contributed by atoms with Crippen LogP contribution >= 0.6 is 11.3 Å². The van der Waals surface area contributed by atoms with E-state index in [0.717, 1.165) is 74.6 Å². The van der Waals surface area contributed by atoms with Crippen LogP contribution in [0.4, 0.5) is 42.8 Å². The van der Waals surface area contributed by atoms with Crippen molar-refractivity contribution in [3.05, 3.63) is 66.2 Å². The van der Waals surface area contributed by atoms with Crippen molar-refractivity contribution in [1.29, 1.82) is 0 Å². The fourth-order valence-electron chi connectivity index (χ4n) is 5.82. The van der Waals surface area contributed by atoms with Crippen LogP contribution in [-0.2, 0) is 6.18 Å². The van der Waals surface area contributed by atoms with E-state index in [2.05, 4.69) is 47.6 Å². The molecule has 8 nitrogen and oxygen atoms in total. The van der Waals surface area contributed by atoms with Gasteiger partial charge in [0.2, 0.25) is 5.13 Å². The summed E-state index contributed by atoms with van der Waals surface area (Å²) >= 11 is 1.23. The molecule has 0 spiro atoms. The number of ether oxygens (including phenoxy) is 1. The third-order valence-corrected chi connectivity index (χ3v) is 9.24. The normalized spacial score (nSPS) is 16.2. The molecule has 0 radical (unpaired) electrons. The molecule has 246 valence electrons. The number of likely N-dealkylation sites (N-methyl/N-ethyl adjacent to an activating group) is 1. The van der Waals surface area contributed by atoms with Crippen molar-refractivity contribution in [2.75, 3.05) is 42.9 Å². The van der Waals surface area contributed by atoms with Crippen molar-refractivity contribution < 1.29 is 31.1 Å². The summed E-state index contributed by atoms with van der Waals surface area (Å²) in [4.78, 5) is 9.63. The third kappa shape index (κ3) is 6.72. The van der Waals surface area contributed by atoms with Crippen molar-refractivity contribution in [1.82, 2.24) is 24.6 Å². The SMILES string of the molecule is CCN1CCN(c2cc3c(cc2Nc2nnc(-c4ccc(C(F)(F)F)cc4)s2)nc(-c2ccc(OC(F)(F)F)cc2)n3C2CC2)CC1. The molecule has 47 heavy (non-hydrogen) atoms. The zero-order chi connectivity index (χ0) is 32.9. The Morgan fingerprint density at radius 3 is 2.17 bits per heavy atom. The van der Waals surface area contributed by atoms with E-state index >= 15 is 0 Å². The minimum atomic E-state index is -4.78.